The van der Waals surface area contributed by atoms with Crippen LogP contribution in [0.2, 0.25) is 0 Å². The van der Waals surface area contributed by atoms with Crippen molar-refractivity contribution in [1.29, 1.82) is 0 Å². The fourth-order valence-corrected chi connectivity index (χ4v) is 4.32. The molecule has 1 aromatic rings. The van der Waals surface area contributed by atoms with Crippen molar-refractivity contribution < 1.29 is 9.59 Å². The second kappa shape index (κ2) is 8.42. The summed E-state index contributed by atoms with van der Waals surface area (Å²) >= 11 is 0. The van der Waals surface area contributed by atoms with E-state index in [4.69, 9.17) is 0 Å². The zero-order valence-corrected chi connectivity index (χ0v) is 17.1. The van der Waals surface area contributed by atoms with Gasteiger partial charge in [0.2, 0.25) is 11.8 Å². The number of rotatable bonds is 4. The Morgan fingerprint density at radius 2 is 1.37 bits per heavy atom. The minimum atomic E-state index is -0.0919. The Balaban J connectivity index is 1.66. The molecule has 5 heteroatoms. The minimum absolute atomic E-state index is 0.0177. The Morgan fingerprint density at radius 3 is 1.93 bits per heavy atom. The van der Waals surface area contributed by atoms with E-state index in [0.29, 0.717) is 26.2 Å². The minimum Gasteiger partial charge on any atom is -0.339 e. The van der Waals surface area contributed by atoms with Crippen LogP contribution in [0.15, 0.2) is 24.3 Å². The van der Waals surface area contributed by atoms with Crippen LogP contribution in [0.4, 0.5) is 0 Å². The molecule has 0 aromatic heterocycles. The molecule has 27 heavy (non-hydrogen) atoms. The van der Waals surface area contributed by atoms with Crippen molar-refractivity contribution in [3.05, 3.63) is 35.4 Å². The smallest absolute Gasteiger partial charge is 0.240 e. The molecular formula is C22H33N3O2. The highest BCUT2D eigenvalue weighted by Gasteiger charge is 2.35. The fourth-order valence-electron chi connectivity index (χ4n) is 4.32. The van der Waals surface area contributed by atoms with Gasteiger partial charge in [0, 0.05) is 45.2 Å². The lowest BCUT2D eigenvalue weighted by atomic mass is 9.94. The number of piperazine rings is 1. The molecule has 0 unspecified atom stereocenters. The lowest BCUT2D eigenvalue weighted by molar-refractivity contribution is -0.145. The Morgan fingerprint density at radius 1 is 0.815 bits per heavy atom. The molecule has 2 heterocycles. The average Bonchev–Trinajstić information content (AvgIpc) is 2.67. The Labute approximate surface area is 163 Å². The number of amides is 2. The van der Waals surface area contributed by atoms with Crippen LogP contribution in [-0.2, 0) is 22.6 Å². The number of benzene rings is 1. The molecule has 2 amide bonds. The standard InChI is InChI=1S/C22H33N3O2/c1-16(2)20(25-10-9-18-7-5-6-8-19(18)15-25)22(27)24-13-11-23(12-14-24)21(26)17(3)4/h5-8,16-17,20H,9-15H2,1-4H3/t20-/m1/s1. The van der Waals surface area contributed by atoms with Crippen molar-refractivity contribution in [2.45, 2.75) is 46.7 Å². The predicted molar refractivity (Wildman–Crippen MR) is 107 cm³/mol. The van der Waals surface area contributed by atoms with E-state index in [0.717, 1.165) is 19.5 Å². The van der Waals surface area contributed by atoms with E-state index in [9.17, 15) is 9.59 Å². The van der Waals surface area contributed by atoms with Gasteiger partial charge in [-0.3, -0.25) is 14.5 Å². The maximum absolute atomic E-state index is 13.3. The van der Waals surface area contributed by atoms with E-state index in [1.54, 1.807) is 0 Å². The molecule has 0 N–H and O–H groups in total. The van der Waals surface area contributed by atoms with E-state index in [1.807, 2.05) is 23.6 Å². The van der Waals surface area contributed by atoms with E-state index >= 15 is 0 Å². The number of hydrogen-bond acceptors (Lipinski definition) is 3. The molecule has 1 aromatic carbocycles. The van der Waals surface area contributed by atoms with E-state index < -0.39 is 0 Å². The van der Waals surface area contributed by atoms with Gasteiger partial charge in [0.05, 0.1) is 6.04 Å². The Kier molecular flexibility index (Phi) is 6.20. The predicted octanol–water partition coefficient (Wildman–Crippen LogP) is 2.40. The van der Waals surface area contributed by atoms with Gasteiger partial charge < -0.3 is 9.80 Å². The number of nitrogens with zero attached hydrogens (tertiary/aromatic N) is 3. The first kappa shape index (κ1) is 19.9. The molecule has 148 valence electrons. The van der Waals surface area contributed by atoms with Crippen molar-refractivity contribution in [3.8, 4) is 0 Å². The molecule has 1 fully saturated rings. The van der Waals surface area contributed by atoms with Gasteiger partial charge in [-0.2, -0.15) is 0 Å². The van der Waals surface area contributed by atoms with Crippen LogP contribution in [0, 0.1) is 11.8 Å². The molecule has 0 saturated carbocycles. The molecule has 5 nitrogen and oxygen atoms in total. The van der Waals surface area contributed by atoms with Crippen molar-refractivity contribution in [2.24, 2.45) is 11.8 Å². The molecule has 1 atom stereocenters. The highest BCUT2D eigenvalue weighted by Crippen LogP contribution is 2.24. The first-order valence-corrected chi connectivity index (χ1v) is 10.3. The summed E-state index contributed by atoms with van der Waals surface area (Å²) < 4.78 is 0. The first-order valence-electron chi connectivity index (χ1n) is 10.3. The summed E-state index contributed by atoms with van der Waals surface area (Å²) in [6.07, 6.45) is 1.00. The quantitative estimate of drug-likeness (QED) is 0.816. The van der Waals surface area contributed by atoms with Gasteiger partial charge in [-0.05, 0) is 23.5 Å². The van der Waals surface area contributed by atoms with Gasteiger partial charge in [-0.1, -0.05) is 52.0 Å². The second-order valence-electron chi connectivity index (χ2n) is 8.48. The largest absolute Gasteiger partial charge is 0.339 e. The third-order valence-corrected chi connectivity index (χ3v) is 5.83. The third kappa shape index (κ3) is 4.34. The Bertz CT molecular complexity index is 678. The number of hydrogen-bond donors (Lipinski definition) is 0. The van der Waals surface area contributed by atoms with Gasteiger partial charge in [0.1, 0.15) is 0 Å². The van der Waals surface area contributed by atoms with Gasteiger partial charge in [-0.25, -0.2) is 0 Å². The van der Waals surface area contributed by atoms with Crippen molar-refractivity contribution in [3.63, 3.8) is 0 Å². The second-order valence-corrected chi connectivity index (χ2v) is 8.48. The highest BCUT2D eigenvalue weighted by atomic mass is 16.2. The normalized spacial score (nSPS) is 19.3. The molecular weight excluding hydrogens is 338 g/mol. The summed E-state index contributed by atoms with van der Waals surface area (Å²) in [4.78, 5) is 31.8. The number of carbonyl (C=O) groups excluding carboxylic acids is 2. The zero-order chi connectivity index (χ0) is 19.6. The van der Waals surface area contributed by atoms with Crippen molar-refractivity contribution >= 4 is 11.8 Å². The number of fused-ring (bicyclic) bond motifs is 1. The van der Waals surface area contributed by atoms with Crippen LogP contribution in [0.1, 0.15) is 38.8 Å². The lowest BCUT2D eigenvalue weighted by Crippen LogP contribution is -2.58. The molecule has 2 aliphatic heterocycles. The van der Waals surface area contributed by atoms with E-state index in [1.165, 1.54) is 11.1 Å². The van der Waals surface area contributed by atoms with Gasteiger partial charge in [-0.15, -0.1) is 0 Å². The topological polar surface area (TPSA) is 43.9 Å². The molecule has 0 bridgehead atoms. The monoisotopic (exact) mass is 371 g/mol. The summed E-state index contributed by atoms with van der Waals surface area (Å²) in [5.74, 6) is 0.693. The number of carbonyl (C=O) groups is 2. The zero-order valence-electron chi connectivity index (χ0n) is 17.1. The van der Waals surface area contributed by atoms with Crippen LogP contribution in [0.25, 0.3) is 0 Å². The van der Waals surface area contributed by atoms with Crippen LogP contribution >= 0.6 is 0 Å². The lowest BCUT2D eigenvalue weighted by Gasteiger charge is -2.42. The SMILES string of the molecule is CC(C)C(=O)N1CCN(C(=O)[C@@H](C(C)C)N2CCc3ccccc3C2)CC1. The van der Waals surface area contributed by atoms with Gasteiger partial charge in [0.15, 0.2) is 0 Å². The van der Waals surface area contributed by atoms with Crippen molar-refractivity contribution in [2.75, 3.05) is 32.7 Å². The molecule has 1 saturated heterocycles. The fraction of sp³-hybridized carbons (Fsp3) is 0.636. The summed E-state index contributed by atoms with van der Waals surface area (Å²) in [6.45, 7) is 12.5. The van der Waals surface area contributed by atoms with Gasteiger partial charge in [0.25, 0.3) is 0 Å². The summed E-state index contributed by atoms with van der Waals surface area (Å²) in [5, 5.41) is 0. The van der Waals surface area contributed by atoms with Gasteiger partial charge >= 0.3 is 0 Å². The highest BCUT2D eigenvalue weighted by molar-refractivity contribution is 5.83. The molecule has 3 rings (SSSR count). The van der Waals surface area contributed by atoms with Crippen LogP contribution in [-0.4, -0.2) is 65.3 Å². The van der Waals surface area contributed by atoms with E-state index in [2.05, 4.69) is 43.0 Å². The molecule has 0 spiro atoms. The molecule has 0 aliphatic carbocycles. The Hall–Kier alpha value is -1.88. The summed E-state index contributed by atoms with van der Waals surface area (Å²) in [6, 6.07) is 8.46. The first-order chi connectivity index (χ1) is 12.9. The average molecular weight is 372 g/mol. The van der Waals surface area contributed by atoms with Crippen LogP contribution in [0.3, 0.4) is 0 Å². The van der Waals surface area contributed by atoms with Crippen molar-refractivity contribution in [1.82, 2.24) is 14.7 Å². The summed E-state index contributed by atoms with van der Waals surface area (Å²) in [5.41, 5.74) is 2.75. The maximum Gasteiger partial charge on any atom is 0.240 e. The summed E-state index contributed by atoms with van der Waals surface area (Å²) in [7, 11) is 0. The van der Waals surface area contributed by atoms with E-state index in [-0.39, 0.29) is 29.7 Å². The van der Waals surface area contributed by atoms with Crippen LogP contribution < -0.4 is 0 Å². The maximum atomic E-state index is 13.3. The molecule has 2 aliphatic rings. The molecule has 0 radical (unpaired) electrons. The van der Waals surface area contributed by atoms with Crippen LogP contribution in [0.5, 0.6) is 0 Å². The third-order valence-electron chi connectivity index (χ3n) is 5.83.